The van der Waals surface area contributed by atoms with Gasteiger partial charge in [0.15, 0.2) is 5.78 Å². The van der Waals surface area contributed by atoms with Crippen LogP contribution in [-0.4, -0.2) is 23.8 Å². The second-order valence-electron chi connectivity index (χ2n) is 7.76. The second kappa shape index (κ2) is 10.2. The van der Waals surface area contributed by atoms with E-state index >= 15 is 0 Å². The fraction of sp³-hybridized carbons (Fsp3) is 0.259. The van der Waals surface area contributed by atoms with Crippen molar-refractivity contribution < 1.29 is 9.59 Å². The quantitative estimate of drug-likeness (QED) is 0.509. The van der Waals surface area contributed by atoms with Gasteiger partial charge in [-0.3, -0.25) is 14.9 Å². The molecule has 2 N–H and O–H groups in total. The molecule has 1 amide bonds. The molecule has 0 spiro atoms. The largest absolute Gasteiger partial charge is 0.345 e. The van der Waals surface area contributed by atoms with E-state index in [0.29, 0.717) is 6.42 Å². The smallest absolute Gasteiger partial charge is 0.237 e. The number of nitrogens with one attached hydrogen (secondary N) is 2. The van der Waals surface area contributed by atoms with Gasteiger partial charge in [-0.15, -0.1) is 0 Å². The zero-order chi connectivity index (χ0) is 22.3. The van der Waals surface area contributed by atoms with Crippen LogP contribution in [0.25, 0.3) is 0 Å². The lowest BCUT2D eigenvalue weighted by Gasteiger charge is -2.39. The number of benzene rings is 3. The van der Waals surface area contributed by atoms with E-state index in [4.69, 9.17) is 0 Å². The van der Waals surface area contributed by atoms with Crippen molar-refractivity contribution in [2.45, 2.75) is 44.8 Å². The van der Waals surface area contributed by atoms with Crippen molar-refractivity contribution in [2.75, 3.05) is 0 Å². The van der Waals surface area contributed by atoms with Crippen LogP contribution in [0.5, 0.6) is 0 Å². The summed E-state index contributed by atoms with van der Waals surface area (Å²) in [7, 11) is 0. The molecule has 0 aromatic heterocycles. The Balaban J connectivity index is 2.08. The van der Waals surface area contributed by atoms with Crippen LogP contribution in [0.4, 0.5) is 0 Å². The summed E-state index contributed by atoms with van der Waals surface area (Å²) in [6.45, 7) is 5.37. The van der Waals surface area contributed by atoms with Crippen LogP contribution in [0.3, 0.4) is 0 Å². The summed E-state index contributed by atoms with van der Waals surface area (Å²) in [5.74, 6) is -0.192. The molecule has 3 aromatic rings. The van der Waals surface area contributed by atoms with Gasteiger partial charge in [0.25, 0.3) is 0 Å². The molecule has 160 valence electrons. The van der Waals surface area contributed by atoms with Crippen LogP contribution in [0.2, 0.25) is 0 Å². The molecule has 0 bridgehead atoms. The fourth-order valence-electron chi connectivity index (χ4n) is 3.93. The van der Waals surface area contributed by atoms with E-state index in [-0.39, 0.29) is 11.7 Å². The SMILES string of the molecule is CCC(=O)C(C)NC(=O)C(C)NC(c1ccccc1)(c1ccccc1)c1ccccc1. The third-order valence-electron chi connectivity index (χ3n) is 5.64. The zero-order valence-corrected chi connectivity index (χ0v) is 18.3. The summed E-state index contributed by atoms with van der Waals surface area (Å²) in [5.41, 5.74) is 2.36. The molecule has 0 aliphatic rings. The number of hydrogen-bond acceptors (Lipinski definition) is 3. The lowest BCUT2D eigenvalue weighted by molar-refractivity contribution is -0.128. The number of ketones is 1. The van der Waals surface area contributed by atoms with Crippen molar-refractivity contribution in [3.63, 3.8) is 0 Å². The van der Waals surface area contributed by atoms with Gasteiger partial charge < -0.3 is 5.32 Å². The van der Waals surface area contributed by atoms with E-state index < -0.39 is 17.6 Å². The Morgan fingerprint density at radius 2 is 1.10 bits per heavy atom. The number of carbonyl (C=O) groups excluding carboxylic acids is 2. The summed E-state index contributed by atoms with van der Waals surface area (Å²) in [4.78, 5) is 25.0. The molecule has 0 radical (unpaired) electrons. The molecule has 0 fully saturated rings. The summed E-state index contributed by atoms with van der Waals surface area (Å²) in [6, 6.07) is 29.3. The Hall–Kier alpha value is -3.24. The summed E-state index contributed by atoms with van der Waals surface area (Å²) >= 11 is 0. The molecule has 0 saturated carbocycles. The number of rotatable bonds is 9. The second-order valence-corrected chi connectivity index (χ2v) is 7.76. The highest BCUT2D eigenvalue weighted by atomic mass is 16.2. The molecule has 31 heavy (non-hydrogen) atoms. The minimum absolute atomic E-state index is 0.0148. The predicted octanol–water partition coefficient (Wildman–Crippen LogP) is 4.44. The van der Waals surface area contributed by atoms with E-state index in [2.05, 4.69) is 47.0 Å². The van der Waals surface area contributed by atoms with E-state index in [9.17, 15) is 9.59 Å². The minimum atomic E-state index is -0.738. The zero-order valence-electron chi connectivity index (χ0n) is 18.3. The monoisotopic (exact) mass is 414 g/mol. The minimum Gasteiger partial charge on any atom is -0.345 e. The average molecular weight is 415 g/mol. The fourth-order valence-corrected chi connectivity index (χ4v) is 3.93. The highest BCUT2D eigenvalue weighted by molar-refractivity contribution is 5.90. The Kier molecular flexibility index (Phi) is 7.37. The Morgan fingerprint density at radius 1 is 0.710 bits per heavy atom. The maximum atomic E-state index is 13.0. The van der Waals surface area contributed by atoms with Gasteiger partial charge in [-0.2, -0.15) is 0 Å². The normalized spacial score (nSPS) is 13.3. The lowest BCUT2D eigenvalue weighted by atomic mass is 9.76. The lowest BCUT2D eigenvalue weighted by Crippen LogP contribution is -2.55. The maximum Gasteiger partial charge on any atom is 0.237 e. The van der Waals surface area contributed by atoms with Crippen LogP contribution in [-0.2, 0) is 15.1 Å². The first-order chi connectivity index (χ1) is 15.0. The number of carbonyl (C=O) groups is 2. The third-order valence-corrected chi connectivity index (χ3v) is 5.64. The molecule has 4 nitrogen and oxygen atoms in total. The van der Waals surface area contributed by atoms with Gasteiger partial charge >= 0.3 is 0 Å². The van der Waals surface area contributed by atoms with E-state index in [1.54, 1.807) is 13.8 Å². The molecule has 0 saturated heterocycles. The number of hydrogen-bond donors (Lipinski definition) is 2. The standard InChI is InChI=1S/C27H30N2O2/c1-4-25(30)20(2)28-26(31)21(3)29-27(22-14-8-5-9-15-22,23-16-10-6-11-17-23)24-18-12-7-13-19-24/h5-21,29H,4H2,1-3H3,(H,28,31). The highest BCUT2D eigenvalue weighted by Crippen LogP contribution is 2.37. The average Bonchev–Trinajstić information content (AvgIpc) is 2.83. The van der Waals surface area contributed by atoms with Crippen LogP contribution in [0.1, 0.15) is 43.9 Å². The summed E-state index contributed by atoms with van der Waals surface area (Å²) in [5, 5.41) is 6.47. The summed E-state index contributed by atoms with van der Waals surface area (Å²) < 4.78 is 0. The number of amides is 1. The Labute approximate surface area is 184 Å². The molecule has 3 rings (SSSR count). The summed E-state index contributed by atoms with van der Waals surface area (Å²) in [6.07, 6.45) is 0.394. The molecule has 0 heterocycles. The van der Waals surface area contributed by atoms with Crippen LogP contribution in [0, 0.1) is 0 Å². The van der Waals surface area contributed by atoms with Crippen LogP contribution < -0.4 is 10.6 Å². The van der Waals surface area contributed by atoms with Crippen molar-refractivity contribution in [1.82, 2.24) is 10.6 Å². The third kappa shape index (κ3) is 4.92. The molecule has 0 aliphatic carbocycles. The topological polar surface area (TPSA) is 58.2 Å². The van der Waals surface area contributed by atoms with Crippen molar-refractivity contribution in [2.24, 2.45) is 0 Å². The van der Waals surface area contributed by atoms with Crippen LogP contribution >= 0.6 is 0 Å². The van der Waals surface area contributed by atoms with Crippen molar-refractivity contribution >= 4 is 11.7 Å². The Bertz CT molecular complexity index is 891. The first-order valence-electron chi connectivity index (χ1n) is 10.8. The Morgan fingerprint density at radius 3 is 1.45 bits per heavy atom. The van der Waals surface area contributed by atoms with E-state index in [1.807, 2.05) is 61.5 Å². The molecule has 3 aromatic carbocycles. The van der Waals surface area contributed by atoms with Gasteiger partial charge in [0.05, 0.1) is 17.6 Å². The molecular weight excluding hydrogens is 384 g/mol. The highest BCUT2D eigenvalue weighted by Gasteiger charge is 2.38. The molecular formula is C27H30N2O2. The molecule has 4 heteroatoms. The maximum absolute atomic E-state index is 13.0. The van der Waals surface area contributed by atoms with Gasteiger partial charge in [-0.1, -0.05) is 97.9 Å². The van der Waals surface area contributed by atoms with Gasteiger partial charge in [0.2, 0.25) is 5.91 Å². The van der Waals surface area contributed by atoms with E-state index in [0.717, 1.165) is 16.7 Å². The molecule has 2 unspecified atom stereocenters. The van der Waals surface area contributed by atoms with Gasteiger partial charge in [-0.05, 0) is 30.5 Å². The first kappa shape index (κ1) is 22.4. The van der Waals surface area contributed by atoms with Crippen LogP contribution in [0.15, 0.2) is 91.0 Å². The first-order valence-corrected chi connectivity index (χ1v) is 10.8. The van der Waals surface area contributed by atoms with Crippen molar-refractivity contribution in [1.29, 1.82) is 0 Å². The van der Waals surface area contributed by atoms with Gasteiger partial charge in [0.1, 0.15) is 0 Å². The molecule has 0 aliphatic heterocycles. The van der Waals surface area contributed by atoms with Gasteiger partial charge in [-0.25, -0.2) is 0 Å². The number of Topliss-reactive ketones (excluding diaryl/α,β-unsaturated/α-hetero) is 1. The molecule has 2 atom stereocenters. The van der Waals surface area contributed by atoms with E-state index in [1.165, 1.54) is 0 Å². The predicted molar refractivity (Wildman–Crippen MR) is 125 cm³/mol. The van der Waals surface area contributed by atoms with Crippen molar-refractivity contribution in [3.8, 4) is 0 Å². The van der Waals surface area contributed by atoms with Gasteiger partial charge in [0, 0.05) is 6.42 Å². The van der Waals surface area contributed by atoms with Crippen molar-refractivity contribution in [3.05, 3.63) is 108 Å².